The molecule has 1 amide bonds. The first-order valence-corrected chi connectivity index (χ1v) is 11.8. The van der Waals surface area contributed by atoms with E-state index >= 15 is 0 Å². The van der Waals surface area contributed by atoms with Crippen LogP contribution in [0.2, 0.25) is 0 Å². The molecule has 0 unspecified atom stereocenters. The van der Waals surface area contributed by atoms with Crippen LogP contribution >= 0.6 is 0 Å². The number of hydrogen-bond donors (Lipinski definition) is 1. The minimum atomic E-state index is 0.120. The van der Waals surface area contributed by atoms with Gasteiger partial charge in [-0.25, -0.2) is 4.98 Å². The number of benzene rings is 1. The lowest BCUT2D eigenvalue weighted by Gasteiger charge is -2.29. The van der Waals surface area contributed by atoms with Crippen molar-refractivity contribution in [3.05, 3.63) is 30.0 Å². The van der Waals surface area contributed by atoms with Crippen molar-refractivity contribution in [1.29, 1.82) is 0 Å². The number of rotatable bonds is 5. The van der Waals surface area contributed by atoms with Crippen LogP contribution in [0.15, 0.2) is 24.4 Å². The van der Waals surface area contributed by atoms with Gasteiger partial charge in [-0.3, -0.25) is 4.79 Å². The Kier molecular flexibility index (Phi) is 6.22. The topological polar surface area (TPSA) is 83.1 Å². The van der Waals surface area contributed by atoms with Crippen LogP contribution < -0.4 is 19.9 Å². The molecule has 33 heavy (non-hydrogen) atoms. The number of aromatic nitrogens is 2. The number of carbonyl (C=O) groups excluding carboxylic acids is 1. The molecule has 1 aromatic carbocycles. The van der Waals surface area contributed by atoms with E-state index in [1.807, 2.05) is 25.4 Å². The molecule has 1 aromatic heterocycles. The Balaban J connectivity index is 1.42. The van der Waals surface area contributed by atoms with E-state index in [2.05, 4.69) is 26.2 Å². The van der Waals surface area contributed by atoms with E-state index in [1.165, 1.54) is 12.8 Å². The summed E-state index contributed by atoms with van der Waals surface area (Å²) in [7, 11) is 3.52. The van der Waals surface area contributed by atoms with Gasteiger partial charge in [0.25, 0.3) is 0 Å². The van der Waals surface area contributed by atoms with Gasteiger partial charge in [-0.1, -0.05) is 12.8 Å². The number of hydrogen-bond acceptors (Lipinski definition) is 8. The first-order chi connectivity index (χ1) is 16.1. The van der Waals surface area contributed by atoms with E-state index < -0.39 is 0 Å². The number of nitrogens with one attached hydrogen (secondary N) is 1. The molecule has 1 aliphatic carbocycles. The Morgan fingerprint density at radius 3 is 2.70 bits per heavy atom. The van der Waals surface area contributed by atoms with Crippen LogP contribution in [0, 0.1) is 0 Å². The SMILES string of the molecule is COc1cc(N2CCOCC2)ccc1Nc1ncc2c(n1)N(C1CCCC1)CC(=O)N(C)C2. The summed E-state index contributed by atoms with van der Waals surface area (Å²) in [4.78, 5) is 28.4. The Labute approximate surface area is 194 Å². The maximum absolute atomic E-state index is 12.7. The molecule has 1 saturated heterocycles. The van der Waals surface area contributed by atoms with Crippen LogP contribution in [0.1, 0.15) is 31.2 Å². The summed E-state index contributed by atoms with van der Waals surface area (Å²) in [6, 6.07) is 6.47. The Hall–Kier alpha value is -3.07. The molecule has 2 aliphatic heterocycles. The number of amides is 1. The summed E-state index contributed by atoms with van der Waals surface area (Å²) in [6.45, 7) is 4.10. The third-order valence-corrected chi connectivity index (χ3v) is 6.83. The summed E-state index contributed by atoms with van der Waals surface area (Å²) in [5.74, 6) is 2.22. The minimum absolute atomic E-state index is 0.120. The smallest absolute Gasteiger partial charge is 0.242 e. The lowest BCUT2D eigenvalue weighted by atomic mass is 10.2. The summed E-state index contributed by atoms with van der Waals surface area (Å²) < 4.78 is 11.1. The molecule has 1 saturated carbocycles. The van der Waals surface area contributed by atoms with Gasteiger partial charge >= 0.3 is 0 Å². The second-order valence-corrected chi connectivity index (χ2v) is 8.97. The number of nitrogens with zero attached hydrogens (tertiary/aromatic N) is 5. The van der Waals surface area contributed by atoms with Crippen LogP contribution in [0.4, 0.5) is 23.1 Å². The fourth-order valence-electron chi connectivity index (χ4n) is 4.94. The normalized spacial score (nSPS) is 19.5. The molecule has 0 radical (unpaired) electrons. The second kappa shape index (κ2) is 9.43. The number of methoxy groups -OCH3 is 1. The van der Waals surface area contributed by atoms with Crippen molar-refractivity contribution in [1.82, 2.24) is 14.9 Å². The predicted molar refractivity (Wildman–Crippen MR) is 127 cm³/mol. The van der Waals surface area contributed by atoms with Crippen molar-refractivity contribution in [2.45, 2.75) is 38.3 Å². The Morgan fingerprint density at radius 1 is 1.15 bits per heavy atom. The highest BCUT2D eigenvalue weighted by atomic mass is 16.5. The number of likely N-dealkylation sites (N-methyl/N-ethyl adjacent to an activating group) is 1. The minimum Gasteiger partial charge on any atom is -0.494 e. The van der Waals surface area contributed by atoms with Crippen molar-refractivity contribution in [2.75, 3.05) is 62.1 Å². The van der Waals surface area contributed by atoms with Gasteiger partial charge in [-0.05, 0) is 25.0 Å². The molecule has 0 bridgehead atoms. The first-order valence-electron chi connectivity index (χ1n) is 11.8. The lowest BCUT2D eigenvalue weighted by molar-refractivity contribution is -0.128. The lowest BCUT2D eigenvalue weighted by Crippen LogP contribution is -2.40. The van der Waals surface area contributed by atoms with Gasteiger partial charge in [0.1, 0.15) is 11.6 Å². The summed E-state index contributed by atoms with van der Waals surface area (Å²) >= 11 is 0. The Morgan fingerprint density at radius 2 is 1.94 bits per heavy atom. The van der Waals surface area contributed by atoms with E-state index in [4.69, 9.17) is 14.5 Å². The largest absolute Gasteiger partial charge is 0.494 e. The molecule has 176 valence electrons. The highest BCUT2D eigenvalue weighted by molar-refractivity contribution is 5.83. The molecule has 9 nitrogen and oxygen atoms in total. The van der Waals surface area contributed by atoms with Crippen molar-refractivity contribution in [3.8, 4) is 5.75 Å². The van der Waals surface area contributed by atoms with E-state index in [0.717, 1.165) is 67.7 Å². The monoisotopic (exact) mass is 452 g/mol. The zero-order valence-corrected chi connectivity index (χ0v) is 19.4. The molecular weight excluding hydrogens is 420 g/mol. The third-order valence-electron chi connectivity index (χ3n) is 6.83. The Bertz CT molecular complexity index is 1000. The fourth-order valence-corrected chi connectivity index (χ4v) is 4.94. The van der Waals surface area contributed by atoms with E-state index in [9.17, 15) is 4.79 Å². The van der Waals surface area contributed by atoms with Crippen LogP contribution in [-0.4, -0.2) is 73.8 Å². The molecule has 0 spiro atoms. The van der Waals surface area contributed by atoms with Gasteiger partial charge in [0, 0.05) is 49.7 Å². The van der Waals surface area contributed by atoms with Crippen molar-refractivity contribution in [3.63, 3.8) is 0 Å². The molecule has 0 atom stereocenters. The summed E-state index contributed by atoms with van der Waals surface area (Å²) in [6.07, 6.45) is 6.43. The van der Waals surface area contributed by atoms with E-state index in [0.29, 0.717) is 25.1 Å². The van der Waals surface area contributed by atoms with Crippen LogP contribution in [0.25, 0.3) is 0 Å². The second-order valence-electron chi connectivity index (χ2n) is 8.97. The van der Waals surface area contributed by atoms with Crippen molar-refractivity contribution >= 4 is 29.0 Å². The fraction of sp³-hybridized carbons (Fsp3) is 0.542. The van der Waals surface area contributed by atoms with E-state index in [-0.39, 0.29) is 5.91 Å². The number of morpholine rings is 1. The van der Waals surface area contributed by atoms with Crippen LogP contribution in [-0.2, 0) is 16.1 Å². The molecule has 5 rings (SSSR count). The summed E-state index contributed by atoms with van der Waals surface area (Å²) in [5, 5.41) is 3.34. The highest BCUT2D eigenvalue weighted by Gasteiger charge is 2.31. The quantitative estimate of drug-likeness (QED) is 0.742. The summed E-state index contributed by atoms with van der Waals surface area (Å²) in [5.41, 5.74) is 2.90. The van der Waals surface area contributed by atoms with Gasteiger partial charge in [0.05, 0.1) is 39.1 Å². The zero-order valence-electron chi connectivity index (χ0n) is 19.4. The van der Waals surface area contributed by atoms with Crippen LogP contribution in [0.3, 0.4) is 0 Å². The van der Waals surface area contributed by atoms with Crippen molar-refractivity contribution in [2.24, 2.45) is 0 Å². The molecule has 9 heteroatoms. The number of ether oxygens (including phenoxy) is 2. The molecule has 3 heterocycles. The van der Waals surface area contributed by atoms with Gasteiger partial charge in [-0.2, -0.15) is 4.98 Å². The highest BCUT2D eigenvalue weighted by Crippen LogP contribution is 2.34. The molecule has 3 aliphatic rings. The molecule has 2 fully saturated rings. The maximum atomic E-state index is 12.7. The van der Waals surface area contributed by atoms with E-state index in [1.54, 1.807) is 12.0 Å². The van der Waals surface area contributed by atoms with Gasteiger partial charge in [0.2, 0.25) is 11.9 Å². The average molecular weight is 453 g/mol. The standard InChI is InChI=1S/C24H32N6O3/c1-28-15-17-14-25-24(27-23(17)30(16-22(28)31)18-5-3-4-6-18)26-20-8-7-19(13-21(20)32-2)29-9-11-33-12-10-29/h7-8,13-14,18H,3-6,9-12,15-16H2,1-2H3,(H,25,26,27). The predicted octanol–water partition coefficient (Wildman–Crippen LogP) is 2.79. The average Bonchev–Trinajstić information content (AvgIpc) is 3.35. The number of carbonyl (C=O) groups is 1. The zero-order chi connectivity index (χ0) is 22.8. The number of anilines is 4. The number of fused-ring (bicyclic) bond motifs is 1. The van der Waals surface area contributed by atoms with Crippen molar-refractivity contribution < 1.29 is 14.3 Å². The van der Waals surface area contributed by atoms with Gasteiger partial charge < -0.3 is 29.5 Å². The van der Waals surface area contributed by atoms with Crippen LogP contribution in [0.5, 0.6) is 5.75 Å². The maximum Gasteiger partial charge on any atom is 0.242 e. The first kappa shape index (κ1) is 21.8. The third kappa shape index (κ3) is 4.55. The van der Waals surface area contributed by atoms with Gasteiger partial charge in [0.15, 0.2) is 0 Å². The molecular formula is C24H32N6O3. The van der Waals surface area contributed by atoms with Gasteiger partial charge in [-0.15, -0.1) is 0 Å². The molecule has 1 N–H and O–H groups in total. The molecule has 2 aromatic rings.